The maximum Gasteiger partial charge on any atom is 0.414 e. The molecule has 1 aromatic heterocycles. The molecule has 1 unspecified atom stereocenters. The van der Waals surface area contributed by atoms with Gasteiger partial charge in [-0.05, 0) is 29.8 Å². The second-order valence-corrected chi connectivity index (χ2v) is 9.13. The lowest BCUT2D eigenvalue weighted by Crippen LogP contribution is -2.59. The summed E-state index contributed by atoms with van der Waals surface area (Å²) in [6.07, 6.45) is 1.02. The summed E-state index contributed by atoms with van der Waals surface area (Å²) < 4.78 is 16.2. The van der Waals surface area contributed by atoms with Gasteiger partial charge >= 0.3 is 6.09 Å². The largest absolute Gasteiger partial charge is 0.482 e. The minimum absolute atomic E-state index is 0.00333. The molecule has 3 aliphatic heterocycles. The Labute approximate surface area is 207 Å². The molecule has 2 aromatic carbocycles. The Balaban J connectivity index is 1.01. The number of likely N-dealkylation sites (tertiary alicyclic amines) is 1. The first kappa shape index (κ1) is 22.5. The first-order chi connectivity index (χ1) is 17.6. The van der Waals surface area contributed by atoms with Gasteiger partial charge in [-0.25, -0.2) is 14.8 Å². The predicted molar refractivity (Wildman–Crippen MR) is 131 cm³/mol. The third-order valence-corrected chi connectivity index (χ3v) is 6.63. The topological polar surface area (TPSA) is 118 Å². The summed E-state index contributed by atoms with van der Waals surface area (Å²) in [6.45, 7) is 3.55. The number of hydrogen-bond acceptors (Lipinski definition) is 9. The van der Waals surface area contributed by atoms with Crippen LogP contribution in [0, 0.1) is 0 Å². The van der Waals surface area contributed by atoms with Crippen molar-refractivity contribution in [2.24, 2.45) is 0 Å². The van der Waals surface area contributed by atoms with Gasteiger partial charge in [0.15, 0.2) is 6.61 Å². The molecule has 0 radical (unpaired) electrons. The lowest BCUT2D eigenvalue weighted by molar-refractivity contribution is -0.118. The van der Waals surface area contributed by atoms with Gasteiger partial charge in [-0.3, -0.25) is 14.6 Å². The SMILES string of the molecule is COc1cnc2cccc(CNC3CN(CC4CN(c5ccc6c(c5)NC(=O)CO6)C(=O)O4)C3)c2n1. The van der Waals surface area contributed by atoms with Crippen molar-refractivity contribution in [3.05, 3.63) is 48.2 Å². The van der Waals surface area contributed by atoms with E-state index in [1.165, 1.54) is 0 Å². The van der Waals surface area contributed by atoms with Crippen LogP contribution in [0.25, 0.3) is 11.0 Å². The lowest BCUT2D eigenvalue weighted by atomic mass is 10.1. The average molecular weight is 491 g/mol. The van der Waals surface area contributed by atoms with E-state index in [9.17, 15) is 9.59 Å². The molecule has 4 heterocycles. The van der Waals surface area contributed by atoms with E-state index in [4.69, 9.17) is 14.2 Å². The minimum atomic E-state index is -0.384. The van der Waals surface area contributed by atoms with Crippen molar-refractivity contribution in [3.63, 3.8) is 0 Å². The van der Waals surface area contributed by atoms with E-state index in [1.807, 2.05) is 18.2 Å². The Hall–Kier alpha value is -3.96. The van der Waals surface area contributed by atoms with Gasteiger partial charge in [0.25, 0.3) is 5.91 Å². The van der Waals surface area contributed by atoms with Crippen molar-refractivity contribution in [2.75, 3.05) is 50.1 Å². The molecule has 1 atom stereocenters. The number of cyclic esters (lactones) is 1. The number of methoxy groups -OCH3 is 1. The number of hydrogen-bond donors (Lipinski definition) is 2. The molecule has 2 fully saturated rings. The van der Waals surface area contributed by atoms with E-state index in [-0.39, 0.29) is 24.7 Å². The van der Waals surface area contributed by atoms with Crippen molar-refractivity contribution in [1.29, 1.82) is 0 Å². The molecule has 3 aliphatic rings. The highest BCUT2D eigenvalue weighted by Gasteiger charge is 2.37. The van der Waals surface area contributed by atoms with Gasteiger partial charge in [-0.1, -0.05) is 12.1 Å². The van der Waals surface area contributed by atoms with Crippen LogP contribution < -0.4 is 25.0 Å². The maximum absolute atomic E-state index is 12.5. The molecule has 0 bridgehead atoms. The van der Waals surface area contributed by atoms with E-state index in [2.05, 4.69) is 25.5 Å². The molecular weight excluding hydrogens is 464 g/mol. The fourth-order valence-corrected chi connectivity index (χ4v) is 4.77. The van der Waals surface area contributed by atoms with Crippen LogP contribution in [0.3, 0.4) is 0 Å². The average Bonchev–Trinajstić information content (AvgIpc) is 3.24. The summed E-state index contributed by atoms with van der Waals surface area (Å²) in [6, 6.07) is 11.6. The fourth-order valence-electron chi connectivity index (χ4n) is 4.77. The van der Waals surface area contributed by atoms with Crippen molar-refractivity contribution < 1.29 is 23.8 Å². The Morgan fingerprint density at radius 2 is 2.08 bits per heavy atom. The molecule has 2 amide bonds. The van der Waals surface area contributed by atoms with E-state index in [0.717, 1.165) is 29.7 Å². The smallest absolute Gasteiger partial charge is 0.414 e. The number of amides is 2. The number of carbonyl (C=O) groups excluding carboxylic acids is 2. The molecule has 0 saturated carbocycles. The number of nitrogens with one attached hydrogen (secondary N) is 2. The molecular formula is C25H26N6O5. The monoisotopic (exact) mass is 490 g/mol. The molecule has 3 aromatic rings. The quantitative estimate of drug-likeness (QED) is 0.511. The van der Waals surface area contributed by atoms with E-state index in [1.54, 1.807) is 36.4 Å². The minimum Gasteiger partial charge on any atom is -0.482 e. The Kier molecular flexibility index (Phi) is 5.78. The second-order valence-electron chi connectivity index (χ2n) is 9.13. The van der Waals surface area contributed by atoms with Crippen LogP contribution in [0.4, 0.5) is 16.2 Å². The number of fused-ring (bicyclic) bond motifs is 2. The Morgan fingerprint density at radius 1 is 1.19 bits per heavy atom. The molecule has 11 nitrogen and oxygen atoms in total. The predicted octanol–water partition coefficient (Wildman–Crippen LogP) is 1.77. The van der Waals surface area contributed by atoms with Gasteiger partial charge in [-0.2, -0.15) is 0 Å². The van der Waals surface area contributed by atoms with E-state index < -0.39 is 0 Å². The molecule has 0 spiro atoms. The van der Waals surface area contributed by atoms with Crippen LogP contribution >= 0.6 is 0 Å². The number of para-hydroxylation sites is 1. The first-order valence-electron chi connectivity index (χ1n) is 11.8. The number of rotatable bonds is 7. The van der Waals surface area contributed by atoms with Gasteiger partial charge in [0.1, 0.15) is 11.9 Å². The van der Waals surface area contributed by atoms with Gasteiger partial charge in [0, 0.05) is 37.9 Å². The molecule has 2 saturated heterocycles. The number of anilines is 2. The summed E-state index contributed by atoms with van der Waals surface area (Å²) in [7, 11) is 1.59. The molecule has 36 heavy (non-hydrogen) atoms. The standard InChI is InChI=1S/C25H26N6O5/c1-34-23-9-27-19-4-2-3-15(24(19)29-23)8-26-16-10-30(11-16)12-18-13-31(25(33)36-18)17-5-6-21-20(7-17)28-22(32)14-35-21/h2-7,9,16,18,26H,8,10-14H2,1H3,(H,28,32). The third kappa shape index (κ3) is 4.38. The Bertz CT molecular complexity index is 1330. The van der Waals surface area contributed by atoms with Crippen molar-refractivity contribution in [2.45, 2.75) is 18.7 Å². The van der Waals surface area contributed by atoms with Gasteiger partial charge in [-0.15, -0.1) is 0 Å². The van der Waals surface area contributed by atoms with Crippen LogP contribution in [0.2, 0.25) is 0 Å². The summed E-state index contributed by atoms with van der Waals surface area (Å²) in [5, 5.41) is 6.35. The number of benzene rings is 2. The zero-order valence-electron chi connectivity index (χ0n) is 19.8. The van der Waals surface area contributed by atoms with E-state index >= 15 is 0 Å². The number of nitrogens with zero attached hydrogens (tertiary/aromatic N) is 4. The Morgan fingerprint density at radius 3 is 2.94 bits per heavy atom. The van der Waals surface area contributed by atoms with Crippen LogP contribution in [-0.2, 0) is 16.1 Å². The van der Waals surface area contributed by atoms with Gasteiger partial charge < -0.3 is 24.8 Å². The molecule has 11 heteroatoms. The highest BCUT2D eigenvalue weighted by atomic mass is 16.6. The molecule has 6 rings (SSSR count). The molecule has 0 aliphatic carbocycles. The summed E-state index contributed by atoms with van der Waals surface area (Å²) in [4.78, 5) is 36.9. The highest BCUT2D eigenvalue weighted by molar-refractivity contribution is 5.97. The van der Waals surface area contributed by atoms with Crippen molar-refractivity contribution in [3.8, 4) is 11.6 Å². The van der Waals surface area contributed by atoms with Crippen LogP contribution in [0.1, 0.15) is 5.56 Å². The second kappa shape index (κ2) is 9.25. The molecule has 2 N–H and O–H groups in total. The van der Waals surface area contributed by atoms with Crippen LogP contribution in [0.15, 0.2) is 42.6 Å². The zero-order chi connectivity index (χ0) is 24.6. The third-order valence-electron chi connectivity index (χ3n) is 6.63. The van der Waals surface area contributed by atoms with Crippen molar-refractivity contribution in [1.82, 2.24) is 20.2 Å². The lowest BCUT2D eigenvalue weighted by Gasteiger charge is -2.40. The normalized spacial score (nSPS) is 19.9. The van der Waals surface area contributed by atoms with Gasteiger partial charge in [0.2, 0.25) is 5.88 Å². The number of carbonyl (C=O) groups is 2. The molecule has 186 valence electrons. The summed E-state index contributed by atoms with van der Waals surface area (Å²) in [5.41, 5.74) is 3.99. The first-order valence-corrected chi connectivity index (χ1v) is 11.8. The van der Waals surface area contributed by atoms with E-state index in [0.29, 0.717) is 48.7 Å². The summed E-state index contributed by atoms with van der Waals surface area (Å²) >= 11 is 0. The van der Waals surface area contributed by atoms with Crippen molar-refractivity contribution >= 4 is 34.4 Å². The number of ether oxygens (including phenoxy) is 3. The van der Waals surface area contributed by atoms with Gasteiger partial charge in [0.05, 0.1) is 36.6 Å². The van der Waals surface area contributed by atoms with Crippen LogP contribution in [0.5, 0.6) is 11.6 Å². The summed E-state index contributed by atoms with van der Waals surface area (Å²) in [5.74, 6) is 0.880. The number of aromatic nitrogens is 2. The maximum atomic E-state index is 12.5. The zero-order valence-corrected chi connectivity index (χ0v) is 19.8. The van der Waals surface area contributed by atoms with Crippen LogP contribution in [-0.4, -0.2) is 78.9 Å². The highest BCUT2D eigenvalue weighted by Crippen LogP contribution is 2.33. The fraction of sp³-hybridized carbons (Fsp3) is 0.360.